The monoisotopic (exact) mass is 316 g/mol. The average molecular weight is 316 g/mol. The maximum atomic E-state index is 12.3. The van der Waals surface area contributed by atoms with Crippen LogP contribution in [0.15, 0.2) is 23.3 Å². The van der Waals surface area contributed by atoms with Crippen molar-refractivity contribution in [1.82, 2.24) is 5.43 Å². The van der Waals surface area contributed by atoms with E-state index in [0.717, 1.165) is 17.7 Å². The van der Waals surface area contributed by atoms with E-state index >= 15 is 0 Å². The molecule has 23 heavy (non-hydrogen) atoms. The standard InChI is InChI=1S/C18H24N2O3/c1-18-9-5-4-6-14(18)16(18)17(21)20-19-11-12-7-8-13(22-2)10-15(12)23-3/h7-8,10-11,14,16H,4-6,9H2,1-3H3,(H,20,21)/b19-11+/t14-,16-,18-/m0/s1. The Balaban J connectivity index is 1.62. The molecule has 1 aromatic carbocycles. The highest BCUT2D eigenvalue weighted by Crippen LogP contribution is 2.66. The number of ether oxygens (including phenoxy) is 2. The highest BCUT2D eigenvalue weighted by atomic mass is 16.5. The lowest BCUT2D eigenvalue weighted by Gasteiger charge is -2.15. The SMILES string of the molecule is COc1ccc(/C=N/NC(=O)[C@@H]2[C@@H]3CCCC[C@]23C)c(OC)c1. The summed E-state index contributed by atoms with van der Waals surface area (Å²) >= 11 is 0. The number of hydrazone groups is 1. The summed E-state index contributed by atoms with van der Waals surface area (Å²) in [6.07, 6.45) is 6.43. The second-order valence-corrected chi connectivity index (χ2v) is 6.68. The third-order valence-electron chi connectivity index (χ3n) is 5.43. The van der Waals surface area contributed by atoms with Crippen LogP contribution < -0.4 is 14.9 Å². The van der Waals surface area contributed by atoms with E-state index in [2.05, 4.69) is 17.5 Å². The van der Waals surface area contributed by atoms with Gasteiger partial charge in [-0.25, -0.2) is 5.43 Å². The number of methoxy groups -OCH3 is 2. The molecule has 2 saturated carbocycles. The summed E-state index contributed by atoms with van der Waals surface area (Å²) in [5.41, 5.74) is 3.70. The van der Waals surface area contributed by atoms with E-state index in [9.17, 15) is 4.79 Å². The van der Waals surface area contributed by atoms with Crippen LogP contribution in [0, 0.1) is 17.3 Å². The minimum absolute atomic E-state index is 0.0446. The first-order valence-corrected chi connectivity index (χ1v) is 8.15. The van der Waals surface area contributed by atoms with Gasteiger partial charge in [0.2, 0.25) is 5.91 Å². The molecule has 0 saturated heterocycles. The highest BCUT2D eigenvalue weighted by molar-refractivity contribution is 5.87. The number of carbonyl (C=O) groups is 1. The Bertz CT molecular complexity index is 629. The van der Waals surface area contributed by atoms with Crippen LogP contribution >= 0.6 is 0 Å². The second kappa shape index (κ2) is 6.22. The molecule has 5 heteroatoms. The van der Waals surface area contributed by atoms with Crippen molar-refractivity contribution in [2.45, 2.75) is 32.6 Å². The number of fused-ring (bicyclic) bond motifs is 1. The van der Waals surface area contributed by atoms with Gasteiger partial charge in [-0.15, -0.1) is 0 Å². The first kappa shape index (κ1) is 15.8. The fourth-order valence-corrected chi connectivity index (χ4v) is 4.01. The van der Waals surface area contributed by atoms with Crippen molar-refractivity contribution in [1.29, 1.82) is 0 Å². The quantitative estimate of drug-likeness (QED) is 0.671. The van der Waals surface area contributed by atoms with Crippen molar-refractivity contribution < 1.29 is 14.3 Å². The Hall–Kier alpha value is -2.04. The van der Waals surface area contributed by atoms with Crippen LogP contribution in [0.2, 0.25) is 0 Å². The Morgan fingerprint density at radius 1 is 1.35 bits per heavy atom. The predicted octanol–water partition coefficient (Wildman–Crippen LogP) is 2.98. The molecule has 1 amide bonds. The number of amides is 1. The van der Waals surface area contributed by atoms with Crippen LogP contribution in [0.25, 0.3) is 0 Å². The number of hydrogen-bond acceptors (Lipinski definition) is 4. The molecule has 2 fully saturated rings. The molecule has 5 nitrogen and oxygen atoms in total. The maximum Gasteiger partial charge on any atom is 0.244 e. The van der Waals surface area contributed by atoms with Gasteiger partial charge in [0, 0.05) is 17.5 Å². The third kappa shape index (κ3) is 2.92. The topological polar surface area (TPSA) is 59.9 Å². The lowest BCUT2D eigenvalue weighted by atomic mass is 9.90. The van der Waals surface area contributed by atoms with Gasteiger partial charge in [-0.3, -0.25) is 4.79 Å². The van der Waals surface area contributed by atoms with Crippen LogP contribution in [0.4, 0.5) is 0 Å². The van der Waals surface area contributed by atoms with Gasteiger partial charge in [0.1, 0.15) is 11.5 Å². The summed E-state index contributed by atoms with van der Waals surface area (Å²) in [5, 5.41) is 4.11. The van der Waals surface area contributed by atoms with Crippen LogP contribution in [0.3, 0.4) is 0 Å². The van der Waals surface area contributed by atoms with E-state index in [1.165, 1.54) is 19.3 Å². The Kier molecular flexibility index (Phi) is 4.28. The molecule has 0 radical (unpaired) electrons. The van der Waals surface area contributed by atoms with Crippen molar-refractivity contribution in [2.24, 2.45) is 22.4 Å². The molecule has 0 bridgehead atoms. The number of rotatable bonds is 5. The molecule has 3 atom stereocenters. The van der Waals surface area contributed by atoms with E-state index in [4.69, 9.17) is 9.47 Å². The van der Waals surface area contributed by atoms with E-state index in [1.807, 2.05) is 12.1 Å². The van der Waals surface area contributed by atoms with Crippen molar-refractivity contribution in [3.05, 3.63) is 23.8 Å². The number of nitrogens with one attached hydrogen (secondary N) is 1. The molecule has 2 aliphatic rings. The summed E-state index contributed by atoms with van der Waals surface area (Å²) < 4.78 is 10.5. The molecular weight excluding hydrogens is 292 g/mol. The molecule has 0 aromatic heterocycles. The normalized spacial score (nSPS) is 29.0. The lowest BCUT2D eigenvalue weighted by Crippen LogP contribution is -2.22. The van der Waals surface area contributed by atoms with Gasteiger partial charge in [0.25, 0.3) is 0 Å². The zero-order chi connectivity index (χ0) is 16.4. The molecule has 1 aromatic rings. The number of benzene rings is 1. The minimum Gasteiger partial charge on any atom is -0.497 e. The van der Waals surface area contributed by atoms with Crippen LogP contribution in [-0.4, -0.2) is 26.3 Å². The van der Waals surface area contributed by atoms with Crippen LogP contribution in [-0.2, 0) is 4.79 Å². The summed E-state index contributed by atoms with van der Waals surface area (Å²) in [4.78, 5) is 12.3. The van der Waals surface area contributed by atoms with Gasteiger partial charge in [0.15, 0.2) is 0 Å². The fourth-order valence-electron chi connectivity index (χ4n) is 4.01. The maximum absolute atomic E-state index is 12.3. The van der Waals surface area contributed by atoms with E-state index in [0.29, 0.717) is 11.7 Å². The number of carbonyl (C=O) groups excluding carboxylic acids is 1. The summed E-state index contributed by atoms with van der Waals surface area (Å²) in [7, 11) is 3.21. The molecule has 1 N–H and O–H groups in total. The van der Waals surface area contributed by atoms with Crippen LogP contribution in [0.5, 0.6) is 11.5 Å². The van der Waals surface area contributed by atoms with Crippen molar-refractivity contribution in [3.63, 3.8) is 0 Å². The van der Waals surface area contributed by atoms with Gasteiger partial charge < -0.3 is 9.47 Å². The molecule has 0 unspecified atom stereocenters. The Morgan fingerprint density at radius 2 is 2.17 bits per heavy atom. The van der Waals surface area contributed by atoms with Crippen molar-refractivity contribution in [2.75, 3.05) is 14.2 Å². The molecule has 2 aliphatic carbocycles. The summed E-state index contributed by atoms with van der Waals surface area (Å²) in [6.45, 7) is 2.23. The average Bonchev–Trinajstić information content (AvgIpc) is 3.20. The van der Waals surface area contributed by atoms with Gasteiger partial charge >= 0.3 is 0 Å². The van der Waals surface area contributed by atoms with Gasteiger partial charge in [0.05, 0.1) is 20.4 Å². The highest BCUT2D eigenvalue weighted by Gasteiger charge is 2.64. The molecule has 0 spiro atoms. The lowest BCUT2D eigenvalue weighted by molar-refractivity contribution is -0.123. The molecule has 0 heterocycles. The summed E-state index contributed by atoms with van der Waals surface area (Å²) in [5.74, 6) is 2.09. The number of nitrogens with zero attached hydrogens (tertiary/aromatic N) is 1. The zero-order valence-electron chi connectivity index (χ0n) is 14.0. The number of hydrogen-bond donors (Lipinski definition) is 1. The minimum atomic E-state index is 0.0446. The Morgan fingerprint density at radius 3 is 2.83 bits per heavy atom. The third-order valence-corrected chi connectivity index (χ3v) is 5.43. The fraction of sp³-hybridized carbons (Fsp3) is 0.556. The molecule has 124 valence electrons. The second-order valence-electron chi connectivity index (χ2n) is 6.68. The van der Waals surface area contributed by atoms with Crippen LogP contribution in [0.1, 0.15) is 38.2 Å². The molecular formula is C18H24N2O3. The largest absolute Gasteiger partial charge is 0.497 e. The first-order valence-electron chi connectivity index (χ1n) is 8.15. The zero-order valence-corrected chi connectivity index (χ0v) is 14.0. The smallest absolute Gasteiger partial charge is 0.244 e. The van der Waals surface area contributed by atoms with Gasteiger partial charge in [-0.1, -0.05) is 19.8 Å². The predicted molar refractivity (Wildman–Crippen MR) is 88.8 cm³/mol. The van der Waals surface area contributed by atoms with Crippen molar-refractivity contribution in [3.8, 4) is 11.5 Å². The van der Waals surface area contributed by atoms with Gasteiger partial charge in [-0.2, -0.15) is 5.10 Å². The van der Waals surface area contributed by atoms with E-state index < -0.39 is 0 Å². The molecule has 0 aliphatic heterocycles. The van der Waals surface area contributed by atoms with Crippen molar-refractivity contribution >= 4 is 12.1 Å². The van der Waals surface area contributed by atoms with Gasteiger partial charge in [-0.05, 0) is 36.3 Å². The molecule has 3 rings (SSSR count). The van der Waals surface area contributed by atoms with E-state index in [1.54, 1.807) is 26.5 Å². The Labute approximate surface area is 137 Å². The first-order chi connectivity index (χ1) is 11.1. The van der Waals surface area contributed by atoms with E-state index in [-0.39, 0.29) is 17.2 Å². The summed E-state index contributed by atoms with van der Waals surface area (Å²) in [6, 6.07) is 5.48.